The second kappa shape index (κ2) is 15.6. The fourth-order valence-corrected chi connectivity index (χ4v) is 6.86. The van der Waals surface area contributed by atoms with E-state index in [0.29, 0.717) is 18.7 Å². The molecular weight excluding hydrogens is 595 g/mol. The molecule has 11 heteroatoms. The molecule has 0 amide bonds. The molecule has 3 aliphatic heterocycles. The predicted molar refractivity (Wildman–Crippen MR) is 178 cm³/mol. The van der Waals surface area contributed by atoms with Crippen molar-refractivity contribution in [2.75, 3.05) is 64.2 Å². The number of halogens is 3. The third-order valence-electron chi connectivity index (χ3n) is 8.91. The molecule has 2 aromatic carbocycles. The molecule has 3 aromatic rings. The SMILES string of the molecule is COCc1nnc(NC2CCN(Cc3ccc(N4CCCC5CN(C)CC54)cc3)CC2)c2cc(OC)ccc12.Cl.Cl.Cl. The Kier molecular flexibility index (Phi) is 12.8. The highest BCUT2D eigenvalue weighted by molar-refractivity contribution is 5.94. The second-order valence-corrected chi connectivity index (χ2v) is 11.6. The van der Waals surface area contributed by atoms with Crippen LogP contribution in [0.4, 0.5) is 11.5 Å². The van der Waals surface area contributed by atoms with Gasteiger partial charge in [-0.05, 0) is 74.5 Å². The minimum absolute atomic E-state index is 0. The molecule has 0 aliphatic carbocycles. The monoisotopic (exact) mass is 638 g/mol. The standard InChI is InChI=1S/C31H42N6O2.3ClH/c1-35-19-23-5-4-14-37(30(23)20-35)25-8-6-22(7-9-25)18-36-15-12-24(13-16-36)32-31-28-17-26(39-3)10-11-27(28)29(21-38-2)33-34-31;;;/h6-11,17,23-24,30H,4-5,12-16,18-21H2,1-3H3,(H,32,34);3*1H. The van der Waals surface area contributed by atoms with Crippen LogP contribution in [0.5, 0.6) is 5.75 Å². The van der Waals surface area contributed by atoms with Crippen molar-refractivity contribution < 1.29 is 9.47 Å². The largest absolute Gasteiger partial charge is 0.497 e. The maximum Gasteiger partial charge on any atom is 0.156 e. The third-order valence-corrected chi connectivity index (χ3v) is 8.91. The van der Waals surface area contributed by atoms with Crippen LogP contribution in [0, 0.1) is 5.92 Å². The number of methoxy groups -OCH3 is 2. The number of piperidine rings is 2. The lowest BCUT2D eigenvalue weighted by Crippen LogP contribution is -2.45. The molecule has 1 aromatic heterocycles. The zero-order valence-electron chi connectivity index (χ0n) is 24.8. The highest BCUT2D eigenvalue weighted by Crippen LogP contribution is 2.34. The molecule has 0 saturated carbocycles. The van der Waals surface area contributed by atoms with Crippen LogP contribution >= 0.6 is 37.2 Å². The zero-order valence-corrected chi connectivity index (χ0v) is 27.3. The summed E-state index contributed by atoms with van der Waals surface area (Å²) < 4.78 is 10.8. The quantitative estimate of drug-likeness (QED) is 0.339. The van der Waals surface area contributed by atoms with E-state index in [-0.39, 0.29) is 37.2 Å². The number of anilines is 2. The summed E-state index contributed by atoms with van der Waals surface area (Å²) in [5, 5.41) is 14.8. The summed E-state index contributed by atoms with van der Waals surface area (Å²) >= 11 is 0. The van der Waals surface area contributed by atoms with Crippen LogP contribution < -0.4 is 15.0 Å². The number of rotatable bonds is 8. The molecule has 4 heterocycles. The molecule has 3 saturated heterocycles. The second-order valence-electron chi connectivity index (χ2n) is 11.6. The number of likely N-dealkylation sites (N-methyl/N-ethyl adjacent to an activating group) is 1. The van der Waals surface area contributed by atoms with Crippen molar-refractivity contribution in [3.8, 4) is 5.75 Å². The van der Waals surface area contributed by atoms with Crippen molar-refractivity contribution in [1.29, 1.82) is 0 Å². The number of likely N-dealkylation sites (tertiary alicyclic amines) is 2. The van der Waals surface area contributed by atoms with Crippen LogP contribution in [-0.2, 0) is 17.9 Å². The molecule has 0 bridgehead atoms. The van der Waals surface area contributed by atoms with Crippen LogP contribution in [0.15, 0.2) is 42.5 Å². The third kappa shape index (κ3) is 7.52. The Morgan fingerprint density at radius 1 is 0.881 bits per heavy atom. The highest BCUT2D eigenvalue weighted by atomic mass is 35.5. The number of aromatic nitrogens is 2. The van der Waals surface area contributed by atoms with E-state index >= 15 is 0 Å². The molecule has 2 unspecified atom stereocenters. The number of benzene rings is 2. The van der Waals surface area contributed by atoms with Gasteiger partial charge >= 0.3 is 0 Å². The van der Waals surface area contributed by atoms with Gasteiger partial charge < -0.3 is 24.6 Å². The molecule has 8 nitrogen and oxygen atoms in total. The topological polar surface area (TPSA) is 66.0 Å². The maximum absolute atomic E-state index is 5.48. The van der Waals surface area contributed by atoms with Gasteiger partial charge in [0.15, 0.2) is 5.82 Å². The molecule has 232 valence electrons. The van der Waals surface area contributed by atoms with Crippen LogP contribution in [0.3, 0.4) is 0 Å². The van der Waals surface area contributed by atoms with Gasteiger partial charge in [-0.15, -0.1) is 42.3 Å². The Labute approximate surface area is 268 Å². The minimum atomic E-state index is 0. The average molecular weight is 640 g/mol. The maximum atomic E-state index is 5.48. The van der Waals surface area contributed by atoms with Gasteiger partial charge in [0, 0.05) is 74.9 Å². The van der Waals surface area contributed by atoms with E-state index in [2.05, 4.69) is 61.5 Å². The van der Waals surface area contributed by atoms with Crippen LogP contribution in [0.25, 0.3) is 10.8 Å². The number of hydrogen-bond acceptors (Lipinski definition) is 8. The molecule has 0 radical (unpaired) electrons. The Morgan fingerprint density at radius 2 is 1.64 bits per heavy atom. The van der Waals surface area contributed by atoms with Gasteiger partial charge in [-0.25, -0.2) is 0 Å². The molecule has 1 N–H and O–H groups in total. The van der Waals surface area contributed by atoms with Crippen molar-refractivity contribution in [2.24, 2.45) is 5.92 Å². The summed E-state index contributed by atoms with van der Waals surface area (Å²) in [5.74, 6) is 2.47. The zero-order chi connectivity index (χ0) is 26.8. The summed E-state index contributed by atoms with van der Waals surface area (Å²) in [5.41, 5.74) is 3.64. The van der Waals surface area contributed by atoms with Crippen molar-refractivity contribution >= 4 is 59.5 Å². The smallest absolute Gasteiger partial charge is 0.156 e. The van der Waals surface area contributed by atoms with Crippen molar-refractivity contribution in [3.63, 3.8) is 0 Å². The number of ether oxygens (including phenoxy) is 2. The summed E-state index contributed by atoms with van der Waals surface area (Å²) in [6, 6.07) is 16.5. The van der Waals surface area contributed by atoms with E-state index in [4.69, 9.17) is 9.47 Å². The first kappa shape index (κ1) is 34.4. The van der Waals surface area contributed by atoms with E-state index in [1.165, 1.54) is 43.7 Å². The first-order valence-electron chi connectivity index (χ1n) is 14.5. The summed E-state index contributed by atoms with van der Waals surface area (Å²) in [6.45, 7) is 7.22. The van der Waals surface area contributed by atoms with Crippen molar-refractivity contribution in [1.82, 2.24) is 20.0 Å². The molecule has 42 heavy (non-hydrogen) atoms. The molecule has 0 spiro atoms. The summed E-state index contributed by atoms with van der Waals surface area (Å²) in [6.07, 6.45) is 4.85. The fourth-order valence-electron chi connectivity index (χ4n) is 6.86. The van der Waals surface area contributed by atoms with Crippen LogP contribution in [0.1, 0.15) is 36.9 Å². The fraction of sp³-hybridized carbons (Fsp3) is 0.548. The Morgan fingerprint density at radius 3 is 2.36 bits per heavy atom. The van der Waals surface area contributed by atoms with E-state index in [9.17, 15) is 0 Å². The summed E-state index contributed by atoms with van der Waals surface area (Å²) in [4.78, 5) is 7.75. The van der Waals surface area contributed by atoms with E-state index in [1.54, 1.807) is 14.2 Å². The first-order chi connectivity index (χ1) is 19.1. The molecular formula is C31H45Cl3N6O2. The number of nitrogens with one attached hydrogen (secondary N) is 1. The minimum Gasteiger partial charge on any atom is -0.497 e. The Balaban J connectivity index is 0.00000161. The predicted octanol–water partition coefficient (Wildman–Crippen LogP) is 5.66. The molecule has 2 atom stereocenters. The number of nitrogens with zero attached hydrogens (tertiary/aromatic N) is 5. The normalized spacial score (nSPS) is 21.2. The van der Waals surface area contributed by atoms with Crippen LogP contribution in [-0.4, -0.2) is 86.1 Å². The first-order valence-corrected chi connectivity index (χ1v) is 14.5. The number of hydrogen-bond donors (Lipinski definition) is 1. The Bertz CT molecular complexity index is 1280. The van der Waals surface area contributed by atoms with E-state index < -0.39 is 0 Å². The van der Waals surface area contributed by atoms with Crippen molar-refractivity contribution in [2.45, 2.75) is 50.9 Å². The molecule has 3 fully saturated rings. The highest BCUT2D eigenvalue weighted by Gasteiger charge is 2.37. The average Bonchev–Trinajstić information content (AvgIpc) is 3.36. The van der Waals surface area contributed by atoms with Gasteiger partial charge in [0.2, 0.25) is 0 Å². The van der Waals surface area contributed by atoms with Gasteiger partial charge in [-0.3, -0.25) is 4.90 Å². The Hall–Kier alpha value is -2.07. The summed E-state index contributed by atoms with van der Waals surface area (Å²) in [7, 11) is 5.65. The van der Waals surface area contributed by atoms with Gasteiger partial charge in [0.25, 0.3) is 0 Å². The van der Waals surface area contributed by atoms with Gasteiger partial charge in [0.1, 0.15) is 5.75 Å². The lowest BCUT2D eigenvalue weighted by atomic mass is 9.91. The van der Waals surface area contributed by atoms with E-state index in [0.717, 1.165) is 66.4 Å². The van der Waals surface area contributed by atoms with E-state index in [1.807, 2.05) is 18.2 Å². The molecule has 6 rings (SSSR count). The van der Waals surface area contributed by atoms with Gasteiger partial charge in [-0.1, -0.05) is 12.1 Å². The van der Waals surface area contributed by atoms with Gasteiger partial charge in [-0.2, -0.15) is 5.10 Å². The van der Waals surface area contributed by atoms with Crippen LogP contribution in [0.2, 0.25) is 0 Å². The van der Waals surface area contributed by atoms with Crippen molar-refractivity contribution in [3.05, 3.63) is 53.7 Å². The van der Waals surface area contributed by atoms with Gasteiger partial charge in [0.05, 0.1) is 19.4 Å². The number of fused-ring (bicyclic) bond motifs is 2. The lowest BCUT2D eigenvalue weighted by molar-refractivity contribution is 0.182. The lowest BCUT2D eigenvalue weighted by Gasteiger charge is -2.39. The molecule has 3 aliphatic rings.